The second-order valence-corrected chi connectivity index (χ2v) is 12.7. The van der Waals surface area contributed by atoms with Crippen molar-refractivity contribution in [3.05, 3.63) is 101 Å². The van der Waals surface area contributed by atoms with Crippen LogP contribution in [0.15, 0.2) is 72.8 Å². The van der Waals surface area contributed by atoms with Crippen LogP contribution in [0.1, 0.15) is 77.2 Å². The fraction of sp³-hybridized carbons (Fsp3) is 0.368. The zero-order valence-electron chi connectivity index (χ0n) is 29.4. The number of rotatable bonds is 13. The van der Waals surface area contributed by atoms with Gasteiger partial charge in [0.25, 0.3) is 11.8 Å². The van der Waals surface area contributed by atoms with Crippen molar-refractivity contribution in [2.45, 2.75) is 71.8 Å². The molecule has 1 aliphatic rings. The van der Waals surface area contributed by atoms with E-state index < -0.39 is 30.1 Å². The van der Waals surface area contributed by atoms with Crippen LogP contribution >= 0.6 is 0 Å². The SMILES string of the molecule is CCCCN(CCCC)C(=O)c1cc(C)n(-c2ccc(NC(=O)Nc3ccccc3OC(F)(F)F)cc2C(=O)N2Cc3ccccc3C[C@H]2CO)n1. The van der Waals surface area contributed by atoms with Crippen LogP contribution in [0.4, 0.5) is 29.3 Å². The molecule has 4 amide bonds. The molecule has 0 saturated heterocycles. The van der Waals surface area contributed by atoms with Gasteiger partial charge in [-0.1, -0.05) is 63.1 Å². The molecule has 5 rings (SSSR count). The third-order valence-electron chi connectivity index (χ3n) is 8.86. The number of aryl methyl sites for hydroxylation is 1. The third kappa shape index (κ3) is 9.10. The molecule has 0 unspecified atom stereocenters. The number of ether oxygens (including phenoxy) is 1. The van der Waals surface area contributed by atoms with Gasteiger partial charge in [0.1, 0.15) is 0 Å². The molecule has 1 aromatic heterocycles. The van der Waals surface area contributed by atoms with Gasteiger partial charge >= 0.3 is 12.4 Å². The number of alkyl halides is 3. The van der Waals surface area contributed by atoms with Crippen molar-refractivity contribution >= 4 is 29.2 Å². The van der Waals surface area contributed by atoms with Gasteiger partial charge in [-0.15, -0.1) is 13.2 Å². The minimum atomic E-state index is -4.97. The second kappa shape index (κ2) is 16.8. The van der Waals surface area contributed by atoms with Gasteiger partial charge in [-0.3, -0.25) is 9.59 Å². The summed E-state index contributed by atoms with van der Waals surface area (Å²) in [6, 6.07) is 17.6. The number of fused-ring (bicyclic) bond motifs is 1. The minimum Gasteiger partial charge on any atom is -0.404 e. The Bertz CT molecular complexity index is 1890. The van der Waals surface area contributed by atoms with Gasteiger partial charge in [0.2, 0.25) is 0 Å². The van der Waals surface area contributed by atoms with Crippen LogP contribution < -0.4 is 15.4 Å². The van der Waals surface area contributed by atoms with E-state index in [1.54, 1.807) is 28.9 Å². The van der Waals surface area contributed by atoms with Crippen LogP contribution in [0, 0.1) is 6.92 Å². The number of aromatic nitrogens is 2. The second-order valence-electron chi connectivity index (χ2n) is 12.7. The summed E-state index contributed by atoms with van der Waals surface area (Å²) < 4.78 is 44.5. The number of carbonyl (C=O) groups excluding carboxylic acids is 3. The highest BCUT2D eigenvalue weighted by Gasteiger charge is 2.33. The molecule has 0 aliphatic carbocycles. The van der Waals surface area contributed by atoms with E-state index in [0.717, 1.165) is 42.9 Å². The van der Waals surface area contributed by atoms with E-state index in [9.17, 15) is 32.7 Å². The first-order valence-corrected chi connectivity index (χ1v) is 17.3. The molecule has 0 radical (unpaired) electrons. The van der Waals surface area contributed by atoms with Gasteiger partial charge in [-0.2, -0.15) is 5.10 Å². The predicted octanol–water partition coefficient (Wildman–Crippen LogP) is 7.33. The number of hydrogen-bond donors (Lipinski definition) is 3. The highest BCUT2D eigenvalue weighted by Crippen LogP contribution is 2.31. The standard InChI is InChI=1S/C38H43F3N6O5/c1-4-6-18-45(19-7-5-2)36(50)32-20-25(3)47(44-32)33-17-16-28(42-37(51)43-31-14-10-11-15-34(31)52-38(39,40)41)22-30(33)35(49)46-23-27-13-9-8-12-26(27)21-29(46)24-48/h8-17,20,22,29,48H,4-7,18-19,21,23-24H2,1-3H3,(H2,42,43,51)/t29-/m0/s1. The Hall–Kier alpha value is -5.37. The van der Waals surface area contributed by atoms with E-state index in [1.807, 2.05) is 24.3 Å². The summed E-state index contributed by atoms with van der Waals surface area (Å²) in [6.07, 6.45) is -0.991. The monoisotopic (exact) mass is 720 g/mol. The molecular weight excluding hydrogens is 677 g/mol. The van der Waals surface area contributed by atoms with Gasteiger partial charge in [0.05, 0.1) is 29.6 Å². The van der Waals surface area contributed by atoms with Gasteiger partial charge in [0.15, 0.2) is 11.4 Å². The predicted molar refractivity (Wildman–Crippen MR) is 191 cm³/mol. The number of halogens is 3. The van der Waals surface area contributed by atoms with Crippen LogP contribution in [-0.2, 0) is 13.0 Å². The average Bonchev–Trinajstić information content (AvgIpc) is 3.51. The number of nitrogens with zero attached hydrogens (tertiary/aromatic N) is 4. The van der Waals surface area contributed by atoms with Crippen molar-refractivity contribution in [2.24, 2.45) is 0 Å². The summed E-state index contributed by atoms with van der Waals surface area (Å²) >= 11 is 0. The third-order valence-corrected chi connectivity index (χ3v) is 8.86. The number of para-hydroxylation sites is 2. The normalized spacial score (nSPS) is 14.1. The summed E-state index contributed by atoms with van der Waals surface area (Å²) in [5, 5.41) is 20.0. The number of benzene rings is 3. The number of urea groups is 1. The smallest absolute Gasteiger partial charge is 0.404 e. The van der Waals surface area contributed by atoms with Crippen LogP contribution in [0.5, 0.6) is 5.75 Å². The largest absolute Gasteiger partial charge is 0.573 e. The van der Waals surface area contributed by atoms with Gasteiger partial charge in [-0.05, 0) is 73.7 Å². The van der Waals surface area contributed by atoms with Crippen molar-refractivity contribution in [1.29, 1.82) is 0 Å². The molecule has 1 aliphatic heterocycles. The summed E-state index contributed by atoms with van der Waals surface area (Å²) in [6.45, 7) is 7.02. The lowest BCUT2D eigenvalue weighted by Gasteiger charge is -2.36. The molecule has 0 saturated carbocycles. The number of aliphatic hydroxyl groups excluding tert-OH is 1. The fourth-order valence-corrected chi connectivity index (χ4v) is 6.18. The highest BCUT2D eigenvalue weighted by atomic mass is 19.4. The molecule has 1 atom stereocenters. The lowest BCUT2D eigenvalue weighted by molar-refractivity contribution is -0.274. The first kappa shape index (κ1) is 37.9. The Labute approximate surface area is 300 Å². The van der Waals surface area contributed by atoms with Gasteiger partial charge in [-0.25, -0.2) is 9.48 Å². The molecule has 14 heteroatoms. The van der Waals surface area contributed by atoms with Crippen molar-refractivity contribution in [3.63, 3.8) is 0 Å². The molecule has 3 N–H and O–H groups in total. The number of aliphatic hydroxyl groups is 1. The molecule has 0 bridgehead atoms. The molecule has 2 heterocycles. The average molecular weight is 721 g/mol. The van der Waals surface area contributed by atoms with Crippen molar-refractivity contribution in [1.82, 2.24) is 19.6 Å². The molecule has 52 heavy (non-hydrogen) atoms. The Balaban J connectivity index is 1.51. The Morgan fingerprint density at radius 1 is 0.942 bits per heavy atom. The van der Waals surface area contributed by atoms with E-state index in [-0.39, 0.29) is 41.7 Å². The topological polar surface area (TPSA) is 129 Å². The van der Waals surface area contributed by atoms with Crippen molar-refractivity contribution in [3.8, 4) is 11.4 Å². The molecule has 0 fully saturated rings. The van der Waals surface area contributed by atoms with Crippen LogP contribution in [0.3, 0.4) is 0 Å². The molecular formula is C38H43F3N6O5. The number of anilines is 2. The molecule has 276 valence electrons. The fourth-order valence-electron chi connectivity index (χ4n) is 6.18. The minimum absolute atomic E-state index is 0.121. The maximum atomic E-state index is 14.5. The van der Waals surface area contributed by atoms with Gasteiger partial charge in [0, 0.05) is 31.0 Å². The molecule has 11 nitrogen and oxygen atoms in total. The lowest BCUT2D eigenvalue weighted by Crippen LogP contribution is -2.46. The maximum Gasteiger partial charge on any atom is 0.573 e. The van der Waals surface area contributed by atoms with E-state index in [1.165, 1.54) is 35.0 Å². The molecule has 4 aromatic rings. The number of unbranched alkanes of at least 4 members (excludes halogenated alkanes) is 2. The number of hydrogen-bond acceptors (Lipinski definition) is 6. The summed E-state index contributed by atoms with van der Waals surface area (Å²) in [4.78, 5) is 44.6. The molecule has 3 aromatic carbocycles. The Kier molecular flexibility index (Phi) is 12.2. The van der Waals surface area contributed by atoms with Crippen LogP contribution in [0.25, 0.3) is 5.69 Å². The summed E-state index contributed by atoms with van der Waals surface area (Å²) in [5.74, 6) is -1.26. The van der Waals surface area contributed by atoms with E-state index >= 15 is 0 Å². The van der Waals surface area contributed by atoms with E-state index in [2.05, 4.69) is 34.3 Å². The first-order chi connectivity index (χ1) is 24.9. The van der Waals surface area contributed by atoms with Crippen LogP contribution in [-0.4, -0.2) is 74.6 Å². The maximum absolute atomic E-state index is 14.5. The number of nitrogens with one attached hydrogen (secondary N) is 2. The first-order valence-electron chi connectivity index (χ1n) is 17.3. The van der Waals surface area contributed by atoms with E-state index in [0.29, 0.717) is 30.9 Å². The molecule has 0 spiro atoms. The lowest BCUT2D eigenvalue weighted by atomic mass is 9.93. The summed E-state index contributed by atoms with van der Waals surface area (Å²) in [5.41, 5.74) is 3.15. The quantitative estimate of drug-likeness (QED) is 0.133. The number of amides is 4. The Morgan fingerprint density at radius 3 is 2.29 bits per heavy atom. The Morgan fingerprint density at radius 2 is 1.62 bits per heavy atom. The zero-order valence-corrected chi connectivity index (χ0v) is 29.4. The summed E-state index contributed by atoms with van der Waals surface area (Å²) in [7, 11) is 0. The number of carbonyl (C=O) groups is 3. The van der Waals surface area contributed by atoms with Gasteiger partial charge < -0.3 is 30.3 Å². The van der Waals surface area contributed by atoms with Crippen molar-refractivity contribution in [2.75, 3.05) is 30.3 Å². The highest BCUT2D eigenvalue weighted by molar-refractivity contribution is 6.03. The van der Waals surface area contributed by atoms with E-state index in [4.69, 9.17) is 0 Å². The van der Waals surface area contributed by atoms with Crippen LogP contribution in [0.2, 0.25) is 0 Å². The zero-order chi connectivity index (χ0) is 37.4. The van der Waals surface area contributed by atoms with Crippen molar-refractivity contribution < 1.29 is 37.4 Å².